The largest absolute Gasteiger partial charge is 0.330 e. The van der Waals surface area contributed by atoms with Crippen LogP contribution < -0.4 is 5.32 Å². The highest BCUT2D eigenvalue weighted by Gasteiger charge is 2.15. The van der Waals surface area contributed by atoms with Crippen molar-refractivity contribution in [3.05, 3.63) is 70.0 Å². The van der Waals surface area contributed by atoms with E-state index in [9.17, 15) is 14.5 Å². The first kappa shape index (κ1) is 17.3. The first-order chi connectivity index (χ1) is 12.0. The lowest BCUT2D eigenvalue weighted by Gasteiger charge is -2.08. The second-order valence-corrected chi connectivity index (χ2v) is 7.68. The number of anilines is 2. The van der Waals surface area contributed by atoms with E-state index in [0.29, 0.717) is 5.13 Å². The third-order valence-corrected chi connectivity index (χ3v) is 5.41. The van der Waals surface area contributed by atoms with Gasteiger partial charge in [-0.1, -0.05) is 35.2 Å². The van der Waals surface area contributed by atoms with Crippen molar-refractivity contribution >= 4 is 39.6 Å². The highest BCUT2D eigenvalue weighted by Crippen LogP contribution is 2.38. The molecular weight excluding hydrogens is 363 g/mol. The number of non-ortho nitro benzene ring substituents is 1. The van der Waals surface area contributed by atoms with E-state index in [-0.39, 0.29) is 16.8 Å². The predicted octanol–water partition coefficient (Wildman–Crippen LogP) is 5.18. The van der Waals surface area contributed by atoms with Crippen LogP contribution in [0.15, 0.2) is 52.9 Å². The number of thioether (sulfide) groups is 1. The second-order valence-electron chi connectivity index (χ2n) is 5.12. The van der Waals surface area contributed by atoms with E-state index in [1.807, 2.05) is 13.0 Å². The van der Waals surface area contributed by atoms with Crippen molar-refractivity contribution in [3.63, 3.8) is 0 Å². The smallest absolute Gasteiger partial charge is 0.269 e. The van der Waals surface area contributed by atoms with Crippen molar-refractivity contribution in [1.82, 2.24) is 10.2 Å². The molecule has 0 amide bonds. The Kier molecular flexibility index (Phi) is 5.25. The van der Waals surface area contributed by atoms with Gasteiger partial charge in [-0.2, -0.15) is 0 Å². The van der Waals surface area contributed by atoms with E-state index < -0.39 is 4.92 Å². The highest BCUT2D eigenvalue weighted by molar-refractivity contribution is 8.01. The average molecular weight is 376 g/mol. The summed E-state index contributed by atoms with van der Waals surface area (Å²) in [4.78, 5) is 10.5. The standard InChI is InChI=1S/C16H13FN4O2S2/c1-10(11-3-2-4-14(9-11)21(22)23)24-16-20-19-15(25-16)18-13-7-5-12(17)6-8-13/h2-10H,1H3,(H,18,19). The van der Waals surface area contributed by atoms with Crippen LogP contribution in [0.2, 0.25) is 0 Å². The molecule has 0 radical (unpaired) electrons. The van der Waals surface area contributed by atoms with E-state index in [2.05, 4.69) is 15.5 Å². The monoisotopic (exact) mass is 376 g/mol. The minimum absolute atomic E-state index is 0.00785. The van der Waals surface area contributed by atoms with Crippen LogP contribution in [0, 0.1) is 15.9 Å². The molecule has 25 heavy (non-hydrogen) atoms. The van der Waals surface area contributed by atoms with E-state index in [1.165, 1.54) is 41.3 Å². The Morgan fingerprint density at radius 2 is 2.00 bits per heavy atom. The zero-order valence-electron chi connectivity index (χ0n) is 13.0. The Morgan fingerprint density at radius 3 is 2.72 bits per heavy atom. The first-order valence-corrected chi connectivity index (χ1v) is 8.98. The van der Waals surface area contributed by atoms with Gasteiger partial charge in [0.05, 0.1) is 4.92 Å². The number of nitro groups is 1. The van der Waals surface area contributed by atoms with Gasteiger partial charge in [0.25, 0.3) is 5.69 Å². The maximum atomic E-state index is 12.9. The normalized spacial score (nSPS) is 11.9. The molecule has 3 rings (SSSR count). The molecule has 0 fully saturated rings. The van der Waals surface area contributed by atoms with Crippen LogP contribution in [0.25, 0.3) is 0 Å². The summed E-state index contributed by atoms with van der Waals surface area (Å²) in [5, 5.41) is 22.7. The summed E-state index contributed by atoms with van der Waals surface area (Å²) < 4.78 is 13.7. The van der Waals surface area contributed by atoms with Gasteiger partial charge in [-0.15, -0.1) is 10.2 Å². The summed E-state index contributed by atoms with van der Waals surface area (Å²) in [5.74, 6) is -0.301. The minimum Gasteiger partial charge on any atom is -0.330 e. The van der Waals surface area contributed by atoms with Crippen molar-refractivity contribution in [2.24, 2.45) is 0 Å². The van der Waals surface area contributed by atoms with Gasteiger partial charge in [0.1, 0.15) is 5.82 Å². The molecule has 1 unspecified atom stereocenters. The maximum absolute atomic E-state index is 12.9. The molecule has 0 aliphatic carbocycles. The summed E-state index contributed by atoms with van der Waals surface area (Å²) >= 11 is 2.84. The van der Waals surface area contributed by atoms with E-state index in [1.54, 1.807) is 24.3 Å². The van der Waals surface area contributed by atoms with Gasteiger partial charge in [-0.3, -0.25) is 10.1 Å². The van der Waals surface area contributed by atoms with Gasteiger partial charge in [0, 0.05) is 23.1 Å². The Bertz CT molecular complexity index is 886. The van der Waals surface area contributed by atoms with Gasteiger partial charge in [-0.25, -0.2) is 4.39 Å². The first-order valence-electron chi connectivity index (χ1n) is 7.28. The van der Waals surface area contributed by atoms with E-state index in [0.717, 1.165) is 15.6 Å². The van der Waals surface area contributed by atoms with Gasteiger partial charge in [0.2, 0.25) is 5.13 Å². The zero-order valence-corrected chi connectivity index (χ0v) is 14.7. The maximum Gasteiger partial charge on any atom is 0.269 e. The number of benzene rings is 2. The lowest BCUT2D eigenvalue weighted by molar-refractivity contribution is -0.384. The van der Waals surface area contributed by atoms with Gasteiger partial charge >= 0.3 is 0 Å². The van der Waals surface area contributed by atoms with Crippen molar-refractivity contribution in [2.75, 3.05) is 5.32 Å². The molecule has 6 nitrogen and oxygen atoms in total. The number of aromatic nitrogens is 2. The van der Waals surface area contributed by atoms with Crippen LogP contribution >= 0.6 is 23.1 Å². The fraction of sp³-hybridized carbons (Fsp3) is 0.125. The predicted molar refractivity (Wildman–Crippen MR) is 97.0 cm³/mol. The number of nitrogens with zero attached hydrogens (tertiary/aromatic N) is 3. The SMILES string of the molecule is CC(Sc1nnc(Nc2ccc(F)cc2)s1)c1cccc([N+](=O)[O-])c1. The number of nitrogens with one attached hydrogen (secondary N) is 1. The molecule has 0 aliphatic rings. The van der Waals surface area contributed by atoms with E-state index >= 15 is 0 Å². The fourth-order valence-corrected chi connectivity index (χ4v) is 4.11. The second kappa shape index (κ2) is 7.58. The van der Waals surface area contributed by atoms with Gasteiger partial charge < -0.3 is 5.32 Å². The fourth-order valence-electron chi connectivity index (χ4n) is 2.08. The summed E-state index contributed by atoms with van der Waals surface area (Å²) in [5.41, 5.74) is 1.64. The van der Waals surface area contributed by atoms with E-state index in [4.69, 9.17) is 0 Å². The molecule has 1 atom stereocenters. The minimum atomic E-state index is -0.406. The highest BCUT2D eigenvalue weighted by atomic mass is 32.2. The van der Waals surface area contributed by atoms with Crippen LogP contribution in [-0.4, -0.2) is 15.1 Å². The molecular formula is C16H13FN4O2S2. The molecule has 128 valence electrons. The molecule has 9 heteroatoms. The van der Waals surface area contributed by atoms with Crippen LogP contribution in [0.4, 0.5) is 20.9 Å². The van der Waals surface area contributed by atoms with Crippen LogP contribution in [0.5, 0.6) is 0 Å². The molecule has 1 heterocycles. The average Bonchev–Trinajstić information content (AvgIpc) is 3.04. The molecule has 3 aromatic rings. The number of halogens is 1. The molecule has 0 saturated heterocycles. The van der Waals surface area contributed by atoms with Crippen molar-refractivity contribution in [2.45, 2.75) is 16.5 Å². The number of rotatable bonds is 6. The summed E-state index contributed by atoms with van der Waals surface area (Å²) in [6.45, 7) is 1.96. The Labute approximate surface area is 151 Å². The van der Waals surface area contributed by atoms with Crippen LogP contribution in [0.3, 0.4) is 0 Å². The molecule has 0 saturated carbocycles. The zero-order chi connectivity index (χ0) is 17.8. The molecule has 0 spiro atoms. The molecule has 0 bridgehead atoms. The summed E-state index contributed by atoms with van der Waals surface area (Å²) in [7, 11) is 0. The van der Waals surface area contributed by atoms with Crippen molar-refractivity contribution < 1.29 is 9.31 Å². The Balaban J connectivity index is 1.67. The summed E-state index contributed by atoms with van der Waals surface area (Å²) in [6.07, 6.45) is 0. The lowest BCUT2D eigenvalue weighted by Crippen LogP contribution is -1.92. The summed E-state index contributed by atoms with van der Waals surface area (Å²) in [6, 6.07) is 12.5. The molecule has 0 aliphatic heterocycles. The number of hydrogen-bond donors (Lipinski definition) is 1. The van der Waals surface area contributed by atoms with Crippen molar-refractivity contribution in [3.8, 4) is 0 Å². The van der Waals surface area contributed by atoms with Gasteiger partial charge in [0.15, 0.2) is 4.34 Å². The van der Waals surface area contributed by atoms with Crippen molar-refractivity contribution in [1.29, 1.82) is 0 Å². The molecule has 1 aromatic heterocycles. The Hall–Kier alpha value is -2.52. The lowest BCUT2D eigenvalue weighted by atomic mass is 10.1. The third-order valence-electron chi connectivity index (χ3n) is 3.33. The third kappa shape index (κ3) is 4.52. The molecule has 1 N–H and O–H groups in total. The van der Waals surface area contributed by atoms with Gasteiger partial charge in [-0.05, 0) is 36.8 Å². The quantitative estimate of drug-likeness (QED) is 0.363. The topological polar surface area (TPSA) is 81.0 Å². The molecule has 2 aromatic carbocycles. The van der Waals surface area contributed by atoms with Crippen LogP contribution in [-0.2, 0) is 0 Å². The van der Waals surface area contributed by atoms with Crippen LogP contribution in [0.1, 0.15) is 17.7 Å². The Morgan fingerprint density at radius 1 is 1.24 bits per heavy atom. The number of hydrogen-bond acceptors (Lipinski definition) is 7. The number of nitro benzene ring substituents is 1.